The molecule has 0 aliphatic carbocycles. The van der Waals surface area contributed by atoms with Gasteiger partial charge in [0.05, 0.1) is 12.2 Å². The van der Waals surface area contributed by atoms with Crippen LogP contribution in [-0.4, -0.2) is 46.1 Å². The molecule has 1 N–H and O–H groups in total. The van der Waals surface area contributed by atoms with Gasteiger partial charge >= 0.3 is 0 Å². The SMILES string of the molecule is CSCC[C@@H](O)C(=O)N(C)Cc1ncccc1C. The molecule has 0 saturated carbocycles. The second-order valence-corrected chi connectivity index (χ2v) is 5.24. The van der Waals surface area contributed by atoms with E-state index >= 15 is 0 Å². The third kappa shape index (κ3) is 4.31. The highest BCUT2D eigenvalue weighted by Crippen LogP contribution is 2.09. The molecule has 0 fully saturated rings. The molecule has 1 aromatic rings. The molecule has 5 heteroatoms. The number of amides is 1. The first-order valence-corrected chi connectivity index (χ1v) is 7.28. The van der Waals surface area contributed by atoms with Crippen LogP contribution in [0, 0.1) is 6.92 Å². The number of aliphatic hydroxyl groups is 1. The van der Waals surface area contributed by atoms with Crippen molar-refractivity contribution in [3.63, 3.8) is 0 Å². The number of aryl methyl sites for hydroxylation is 1. The van der Waals surface area contributed by atoms with Crippen LogP contribution in [0.25, 0.3) is 0 Å². The first kappa shape index (κ1) is 15.0. The number of carbonyl (C=O) groups is 1. The lowest BCUT2D eigenvalue weighted by molar-refractivity contribution is -0.139. The molecule has 18 heavy (non-hydrogen) atoms. The third-order valence-corrected chi connectivity index (χ3v) is 3.41. The van der Waals surface area contributed by atoms with Gasteiger partial charge in [-0.05, 0) is 37.0 Å². The molecule has 0 spiro atoms. The minimum Gasteiger partial charge on any atom is -0.383 e. The van der Waals surface area contributed by atoms with Crippen molar-refractivity contribution in [2.24, 2.45) is 0 Å². The Morgan fingerprint density at radius 1 is 1.61 bits per heavy atom. The Bertz CT molecular complexity index is 398. The van der Waals surface area contributed by atoms with Crippen LogP contribution in [0.5, 0.6) is 0 Å². The molecular weight excluding hydrogens is 248 g/mol. The highest BCUT2D eigenvalue weighted by atomic mass is 32.2. The third-order valence-electron chi connectivity index (χ3n) is 2.76. The maximum absolute atomic E-state index is 11.9. The predicted molar refractivity (Wildman–Crippen MR) is 74.5 cm³/mol. The van der Waals surface area contributed by atoms with Crippen LogP contribution in [0.2, 0.25) is 0 Å². The molecule has 1 atom stereocenters. The molecule has 0 aliphatic rings. The van der Waals surface area contributed by atoms with Gasteiger partial charge in [0, 0.05) is 13.2 Å². The maximum atomic E-state index is 11.9. The van der Waals surface area contributed by atoms with Gasteiger partial charge in [-0.15, -0.1) is 0 Å². The van der Waals surface area contributed by atoms with E-state index in [-0.39, 0.29) is 5.91 Å². The lowest BCUT2D eigenvalue weighted by atomic mass is 10.2. The number of aliphatic hydroxyl groups excluding tert-OH is 1. The largest absolute Gasteiger partial charge is 0.383 e. The zero-order valence-electron chi connectivity index (χ0n) is 11.1. The van der Waals surface area contributed by atoms with Gasteiger partial charge in [0.15, 0.2) is 0 Å². The predicted octanol–water partition coefficient (Wildman–Crippen LogP) is 1.46. The molecule has 100 valence electrons. The Kier molecular flexibility index (Phi) is 6.15. The Morgan fingerprint density at radius 2 is 2.33 bits per heavy atom. The van der Waals surface area contributed by atoms with Gasteiger partial charge in [-0.2, -0.15) is 11.8 Å². The van der Waals surface area contributed by atoms with E-state index in [2.05, 4.69) is 4.98 Å². The summed E-state index contributed by atoms with van der Waals surface area (Å²) < 4.78 is 0. The van der Waals surface area contributed by atoms with E-state index in [0.29, 0.717) is 13.0 Å². The maximum Gasteiger partial charge on any atom is 0.251 e. The molecule has 1 heterocycles. The fourth-order valence-electron chi connectivity index (χ4n) is 1.59. The normalized spacial score (nSPS) is 12.2. The topological polar surface area (TPSA) is 53.4 Å². The van der Waals surface area contributed by atoms with E-state index in [1.165, 1.54) is 4.90 Å². The van der Waals surface area contributed by atoms with Crippen molar-refractivity contribution in [3.05, 3.63) is 29.6 Å². The fourth-order valence-corrected chi connectivity index (χ4v) is 2.05. The van der Waals surface area contributed by atoms with Crippen LogP contribution in [0.15, 0.2) is 18.3 Å². The smallest absolute Gasteiger partial charge is 0.251 e. The number of aromatic nitrogens is 1. The van der Waals surface area contributed by atoms with E-state index in [1.807, 2.05) is 25.3 Å². The number of carbonyl (C=O) groups excluding carboxylic acids is 1. The first-order chi connectivity index (χ1) is 8.56. The van der Waals surface area contributed by atoms with E-state index < -0.39 is 6.10 Å². The number of thioether (sulfide) groups is 1. The first-order valence-electron chi connectivity index (χ1n) is 5.88. The van der Waals surface area contributed by atoms with Crippen molar-refractivity contribution >= 4 is 17.7 Å². The number of hydrogen-bond donors (Lipinski definition) is 1. The highest BCUT2D eigenvalue weighted by molar-refractivity contribution is 7.98. The van der Waals surface area contributed by atoms with E-state index in [0.717, 1.165) is 17.0 Å². The van der Waals surface area contributed by atoms with E-state index in [9.17, 15) is 9.90 Å². The Labute approximate surface area is 112 Å². The molecule has 0 aromatic carbocycles. The van der Waals surface area contributed by atoms with E-state index in [4.69, 9.17) is 0 Å². The average molecular weight is 268 g/mol. The summed E-state index contributed by atoms with van der Waals surface area (Å²) in [5, 5.41) is 9.74. The van der Waals surface area contributed by atoms with Gasteiger partial charge in [0.1, 0.15) is 6.10 Å². The van der Waals surface area contributed by atoms with Gasteiger partial charge in [-0.1, -0.05) is 6.07 Å². The minimum atomic E-state index is -0.911. The number of hydrogen-bond acceptors (Lipinski definition) is 4. The highest BCUT2D eigenvalue weighted by Gasteiger charge is 2.19. The summed E-state index contributed by atoms with van der Waals surface area (Å²) in [6.45, 7) is 2.40. The molecule has 0 radical (unpaired) electrons. The molecule has 0 unspecified atom stereocenters. The van der Waals surface area contributed by atoms with Crippen LogP contribution in [0.3, 0.4) is 0 Å². The Hall–Kier alpha value is -1.07. The van der Waals surface area contributed by atoms with Gasteiger partial charge < -0.3 is 10.0 Å². The molecular formula is C13H20N2O2S. The lowest BCUT2D eigenvalue weighted by Gasteiger charge is -2.20. The van der Waals surface area contributed by atoms with Crippen molar-refractivity contribution < 1.29 is 9.90 Å². The van der Waals surface area contributed by atoms with Crippen LogP contribution in [0.4, 0.5) is 0 Å². The van der Waals surface area contributed by atoms with Crippen LogP contribution in [-0.2, 0) is 11.3 Å². The van der Waals surface area contributed by atoms with Crippen molar-refractivity contribution in [2.45, 2.75) is 26.0 Å². The summed E-state index contributed by atoms with van der Waals surface area (Å²) in [6, 6.07) is 3.83. The Balaban J connectivity index is 2.57. The molecule has 1 amide bonds. The summed E-state index contributed by atoms with van der Waals surface area (Å²) in [5.74, 6) is 0.540. The zero-order valence-corrected chi connectivity index (χ0v) is 11.9. The van der Waals surface area contributed by atoms with E-state index in [1.54, 1.807) is 25.0 Å². The van der Waals surface area contributed by atoms with Gasteiger partial charge in [-0.25, -0.2) is 0 Å². The number of pyridine rings is 1. The number of rotatable bonds is 6. The number of nitrogens with zero attached hydrogens (tertiary/aromatic N) is 2. The van der Waals surface area contributed by atoms with Crippen molar-refractivity contribution in [1.29, 1.82) is 0 Å². The van der Waals surface area contributed by atoms with Gasteiger partial charge in [0.2, 0.25) is 0 Å². The van der Waals surface area contributed by atoms with Crippen molar-refractivity contribution in [3.8, 4) is 0 Å². The Morgan fingerprint density at radius 3 is 2.94 bits per heavy atom. The fraction of sp³-hybridized carbons (Fsp3) is 0.538. The van der Waals surface area contributed by atoms with Crippen molar-refractivity contribution in [1.82, 2.24) is 9.88 Å². The van der Waals surface area contributed by atoms with Gasteiger partial charge in [0.25, 0.3) is 5.91 Å². The van der Waals surface area contributed by atoms with Crippen LogP contribution in [0.1, 0.15) is 17.7 Å². The molecule has 0 bridgehead atoms. The summed E-state index contributed by atoms with van der Waals surface area (Å²) in [4.78, 5) is 17.7. The standard InChI is InChI=1S/C13H20N2O2S/c1-10-5-4-7-14-11(10)9-15(2)13(17)12(16)6-8-18-3/h4-5,7,12,16H,6,8-9H2,1-3H3/t12-/m1/s1. The van der Waals surface area contributed by atoms with Crippen LogP contribution >= 0.6 is 11.8 Å². The lowest BCUT2D eigenvalue weighted by Crippen LogP contribution is -2.36. The molecule has 4 nitrogen and oxygen atoms in total. The molecule has 1 rings (SSSR count). The van der Waals surface area contributed by atoms with Gasteiger partial charge in [-0.3, -0.25) is 9.78 Å². The summed E-state index contributed by atoms with van der Waals surface area (Å²) in [5.41, 5.74) is 1.92. The quantitative estimate of drug-likeness (QED) is 0.848. The second kappa shape index (κ2) is 7.38. The van der Waals surface area contributed by atoms with Crippen molar-refractivity contribution in [2.75, 3.05) is 19.1 Å². The molecule has 1 aromatic heterocycles. The minimum absolute atomic E-state index is 0.242. The monoisotopic (exact) mass is 268 g/mol. The average Bonchev–Trinajstić information content (AvgIpc) is 2.37. The summed E-state index contributed by atoms with van der Waals surface area (Å²) >= 11 is 1.62. The number of likely N-dealkylation sites (N-methyl/N-ethyl adjacent to an activating group) is 1. The summed E-state index contributed by atoms with van der Waals surface area (Å²) in [7, 11) is 1.69. The summed E-state index contributed by atoms with van der Waals surface area (Å²) in [6.07, 6.45) is 3.25. The second-order valence-electron chi connectivity index (χ2n) is 4.26. The molecule has 0 saturated heterocycles. The molecule has 0 aliphatic heterocycles. The zero-order chi connectivity index (χ0) is 13.5. The van der Waals surface area contributed by atoms with Crippen LogP contribution < -0.4 is 0 Å².